The summed E-state index contributed by atoms with van der Waals surface area (Å²) in [4.78, 5) is 2.25. The van der Waals surface area contributed by atoms with Crippen LogP contribution in [0.25, 0.3) is 0 Å². The van der Waals surface area contributed by atoms with Gasteiger partial charge in [-0.15, -0.1) is 0 Å². The van der Waals surface area contributed by atoms with Crippen molar-refractivity contribution in [2.75, 3.05) is 26.7 Å². The van der Waals surface area contributed by atoms with E-state index in [0.29, 0.717) is 0 Å². The average molecular weight is 315 g/mol. The minimum absolute atomic E-state index is 0.109. The Bertz CT molecular complexity index is 393. The molecule has 4 heteroatoms. The van der Waals surface area contributed by atoms with Crippen LogP contribution >= 0.6 is 15.9 Å². The summed E-state index contributed by atoms with van der Waals surface area (Å²) >= 11 is 3.38. The molecule has 18 heavy (non-hydrogen) atoms. The first kappa shape index (κ1) is 14.0. The molecule has 2 nitrogen and oxygen atoms in total. The third kappa shape index (κ3) is 4.67. The zero-order chi connectivity index (χ0) is 13.0. The highest BCUT2D eigenvalue weighted by Gasteiger charge is 2.19. The number of benzene rings is 1. The van der Waals surface area contributed by atoms with E-state index in [0.717, 1.165) is 42.1 Å². The van der Waals surface area contributed by atoms with Crippen molar-refractivity contribution in [2.45, 2.75) is 25.3 Å². The van der Waals surface area contributed by atoms with E-state index in [1.165, 1.54) is 18.9 Å². The highest BCUT2D eigenvalue weighted by Crippen LogP contribution is 2.18. The molecule has 0 saturated heterocycles. The first-order valence-electron chi connectivity index (χ1n) is 6.51. The molecule has 0 spiro atoms. The molecule has 0 amide bonds. The maximum atomic E-state index is 13.5. The van der Waals surface area contributed by atoms with Gasteiger partial charge < -0.3 is 10.2 Å². The predicted octanol–water partition coefficient (Wildman–Crippen LogP) is 2.81. The van der Waals surface area contributed by atoms with E-state index in [1.54, 1.807) is 6.07 Å². The van der Waals surface area contributed by atoms with Crippen LogP contribution in [0.3, 0.4) is 0 Å². The van der Waals surface area contributed by atoms with Gasteiger partial charge in [-0.3, -0.25) is 0 Å². The monoisotopic (exact) mass is 314 g/mol. The van der Waals surface area contributed by atoms with Gasteiger partial charge in [0, 0.05) is 30.1 Å². The third-order valence-electron chi connectivity index (χ3n) is 3.27. The Morgan fingerprint density at radius 1 is 1.39 bits per heavy atom. The molecule has 1 aliphatic rings. The molecule has 1 aliphatic carbocycles. The molecule has 0 bridgehead atoms. The van der Waals surface area contributed by atoms with E-state index < -0.39 is 0 Å². The summed E-state index contributed by atoms with van der Waals surface area (Å²) in [7, 11) is 2.09. The number of rotatable bonds is 7. The fourth-order valence-electron chi connectivity index (χ4n) is 1.91. The van der Waals surface area contributed by atoms with Crippen LogP contribution in [0.5, 0.6) is 0 Å². The van der Waals surface area contributed by atoms with Crippen molar-refractivity contribution >= 4 is 15.9 Å². The number of nitrogens with zero attached hydrogens (tertiary/aromatic N) is 1. The molecule has 0 radical (unpaired) electrons. The van der Waals surface area contributed by atoms with Gasteiger partial charge in [-0.25, -0.2) is 4.39 Å². The Balaban J connectivity index is 1.70. The minimum Gasteiger partial charge on any atom is -0.313 e. The van der Waals surface area contributed by atoms with Gasteiger partial charge in [0.1, 0.15) is 5.82 Å². The number of likely N-dealkylation sites (N-methyl/N-ethyl adjacent to an activating group) is 1. The molecule has 0 atom stereocenters. The molecule has 100 valence electrons. The number of nitrogens with one attached hydrogen (secondary N) is 1. The van der Waals surface area contributed by atoms with E-state index in [-0.39, 0.29) is 5.82 Å². The van der Waals surface area contributed by atoms with Gasteiger partial charge in [0.2, 0.25) is 0 Å². The SMILES string of the molecule is CN(CCNC1CC1)CCc1cc(Br)ccc1F. The molecule has 2 rings (SSSR count). The molecule has 1 saturated carbocycles. The smallest absolute Gasteiger partial charge is 0.126 e. The van der Waals surface area contributed by atoms with Gasteiger partial charge in [-0.1, -0.05) is 15.9 Å². The molecule has 0 heterocycles. The van der Waals surface area contributed by atoms with Crippen molar-refractivity contribution in [1.82, 2.24) is 10.2 Å². The highest BCUT2D eigenvalue weighted by molar-refractivity contribution is 9.10. The van der Waals surface area contributed by atoms with Gasteiger partial charge in [0.15, 0.2) is 0 Å². The third-order valence-corrected chi connectivity index (χ3v) is 3.77. The maximum absolute atomic E-state index is 13.5. The molecular weight excluding hydrogens is 295 g/mol. The fourth-order valence-corrected chi connectivity index (χ4v) is 2.31. The Kier molecular flexibility index (Phi) is 5.15. The minimum atomic E-state index is -0.109. The van der Waals surface area contributed by atoms with Crippen molar-refractivity contribution < 1.29 is 4.39 Å². The van der Waals surface area contributed by atoms with Crippen molar-refractivity contribution in [2.24, 2.45) is 0 Å². The van der Waals surface area contributed by atoms with Crippen molar-refractivity contribution in [3.05, 3.63) is 34.1 Å². The summed E-state index contributed by atoms with van der Waals surface area (Å²) < 4.78 is 14.5. The summed E-state index contributed by atoms with van der Waals surface area (Å²) in [5.41, 5.74) is 0.784. The molecule has 1 fully saturated rings. The summed E-state index contributed by atoms with van der Waals surface area (Å²) in [5, 5.41) is 3.48. The van der Waals surface area contributed by atoms with E-state index in [4.69, 9.17) is 0 Å². The van der Waals surface area contributed by atoms with E-state index in [9.17, 15) is 4.39 Å². The Hall–Kier alpha value is -0.450. The first-order valence-corrected chi connectivity index (χ1v) is 7.30. The molecular formula is C14H20BrFN2. The van der Waals surface area contributed by atoms with Gasteiger partial charge in [-0.05, 0) is 50.1 Å². The zero-order valence-corrected chi connectivity index (χ0v) is 12.3. The van der Waals surface area contributed by atoms with Crippen LogP contribution < -0.4 is 5.32 Å². The van der Waals surface area contributed by atoms with E-state index in [1.807, 2.05) is 6.07 Å². The second-order valence-corrected chi connectivity index (χ2v) is 5.93. The summed E-state index contributed by atoms with van der Waals surface area (Å²) in [6.45, 7) is 2.94. The number of hydrogen-bond donors (Lipinski definition) is 1. The second kappa shape index (κ2) is 6.64. The van der Waals surface area contributed by atoms with Gasteiger partial charge in [0.05, 0.1) is 0 Å². The first-order chi connectivity index (χ1) is 8.65. The largest absolute Gasteiger partial charge is 0.313 e. The lowest BCUT2D eigenvalue weighted by Crippen LogP contribution is -2.31. The van der Waals surface area contributed by atoms with Crippen LogP contribution in [0.4, 0.5) is 4.39 Å². The Labute approximate surface area is 117 Å². The second-order valence-electron chi connectivity index (χ2n) is 5.02. The lowest BCUT2D eigenvalue weighted by atomic mass is 10.1. The Morgan fingerprint density at radius 3 is 2.89 bits per heavy atom. The van der Waals surface area contributed by atoms with Gasteiger partial charge in [-0.2, -0.15) is 0 Å². The fraction of sp³-hybridized carbons (Fsp3) is 0.571. The predicted molar refractivity (Wildman–Crippen MR) is 76.3 cm³/mol. The van der Waals surface area contributed by atoms with Gasteiger partial charge >= 0.3 is 0 Å². The molecule has 1 aromatic rings. The topological polar surface area (TPSA) is 15.3 Å². The summed E-state index contributed by atoms with van der Waals surface area (Å²) in [6.07, 6.45) is 3.41. The molecule has 1 N–H and O–H groups in total. The van der Waals surface area contributed by atoms with E-state index in [2.05, 4.69) is 33.2 Å². The summed E-state index contributed by atoms with van der Waals surface area (Å²) in [5.74, 6) is -0.109. The van der Waals surface area contributed by atoms with Crippen molar-refractivity contribution in [3.63, 3.8) is 0 Å². The number of hydrogen-bond acceptors (Lipinski definition) is 2. The lowest BCUT2D eigenvalue weighted by molar-refractivity contribution is 0.333. The Morgan fingerprint density at radius 2 is 2.17 bits per heavy atom. The molecule has 0 unspecified atom stereocenters. The summed E-state index contributed by atoms with van der Waals surface area (Å²) in [6, 6.07) is 5.89. The standard InChI is InChI=1S/C14H20BrFN2/c1-18(9-7-17-13-3-4-13)8-6-11-10-12(15)2-5-14(11)16/h2,5,10,13,17H,3-4,6-9H2,1H3. The molecule has 0 aliphatic heterocycles. The van der Waals surface area contributed by atoms with Gasteiger partial charge in [0.25, 0.3) is 0 Å². The lowest BCUT2D eigenvalue weighted by Gasteiger charge is -2.17. The molecule has 1 aromatic carbocycles. The molecule has 0 aromatic heterocycles. The normalized spacial score (nSPS) is 15.3. The quantitative estimate of drug-likeness (QED) is 0.832. The van der Waals surface area contributed by atoms with Crippen LogP contribution in [-0.2, 0) is 6.42 Å². The van der Waals surface area contributed by atoms with Crippen LogP contribution in [0, 0.1) is 5.82 Å². The highest BCUT2D eigenvalue weighted by atomic mass is 79.9. The number of halogens is 2. The van der Waals surface area contributed by atoms with Crippen LogP contribution in [0.1, 0.15) is 18.4 Å². The van der Waals surface area contributed by atoms with Crippen molar-refractivity contribution in [1.29, 1.82) is 0 Å². The van der Waals surface area contributed by atoms with Crippen LogP contribution in [0.15, 0.2) is 22.7 Å². The van der Waals surface area contributed by atoms with Crippen LogP contribution in [0.2, 0.25) is 0 Å². The zero-order valence-electron chi connectivity index (χ0n) is 10.8. The van der Waals surface area contributed by atoms with Crippen LogP contribution in [-0.4, -0.2) is 37.6 Å². The van der Waals surface area contributed by atoms with Crippen molar-refractivity contribution in [3.8, 4) is 0 Å². The average Bonchev–Trinajstić information content (AvgIpc) is 3.14. The van der Waals surface area contributed by atoms with E-state index >= 15 is 0 Å². The maximum Gasteiger partial charge on any atom is 0.126 e.